The number of ether oxygens (including phenoxy) is 1. The second kappa shape index (κ2) is 11.0. The van der Waals surface area contributed by atoms with Gasteiger partial charge in [0.15, 0.2) is 5.96 Å². The number of hydrogen-bond donors (Lipinski definition) is 2. The average molecular weight is 449 g/mol. The van der Waals surface area contributed by atoms with Crippen LogP contribution in [0.15, 0.2) is 29.3 Å². The molecule has 2 atom stereocenters. The largest absolute Gasteiger partial charge is 0.489 e. The van der Waals surface area contributed by atoms with Gasteiger partial charge in [0.2, 0.25) is 0 Å². The van der Waals surface area contributed by atoms with Crippen LogP contribution in [-0.2, 0) is 0 Å². The van der Waals surface area contributed by atoms with Crippen LogP contribution in [0.5, 0.6) is 5.75 Å². The molecule has 0 bridgehead atoms. The number of nitrogens with zero attached hydrogens (tertiary/aromatic N) is 1. The number of hydrogen-bond acceptors (Lipinski definition) is 3. The van der Waals surface area contributed by atoms with E-state index in [0.717, 1.165) is 29.6 Å². The Hall–Kier alpha value is -0.630. The normalized spacial score (nSPS) is 19.4. The van der Waals surface area contributed by atoms with Crippen molar-refractivity contribution in [2.24, 2.45) is 4.99 Å². The average Bonchev–Trinajstić information content (AvgIpc) is 2.54. The maximum Gasteiger partial charge on any atom is 0.191 e. The zero-order valence-electron chi connectivity index (χ0n) is 14.2. The van der Waals surface area contributed by atoms with Gasteiger partial charge in [0.05, 0.1) is 6.54 Å². The number of rotatable bonds is 5. The summed E-state index contributed by atoms with van der Waals surface area (Å²) in [5.74, 6) is 4.26. The molecule has 1 heterocycles. The lowest BCUT2D eigenvalue weighted by Gasteiger charge is -2.25. The van der Waals surface area contributed by atoms with Crippen molar-refractivity contribution in [3.63, 3.8) is 0 Å². The number of guanidine groups is 1. The predicted octanol–water partition coefficient (Wildman–Crippen LogP) is 3.44. The van der Waals surface area contributed by atoms with Crippen molar-refractivity contribution >= 4 is 41.7 Å². The number of benzene rings is 1. The van der Waals surface area contributed by atoms with E-state index in [1.165, 1.54) is 18.6 Å². The van der Waals surface area contributed by atoms with Gasteiger partial charge in [-0.05, 0) is 44.1 Å². The molecular weight excluding hydrogens is 421 g/mol. The molecule has 1 aliphatic rings. The molecule has 6 heteroatoms. The summed E-state index contributed by atoms with van der Waals surface area (Å²) in [5.41, 5.74) is 1.16. The van der Waals surface area contributed by atoms with Gasteiger partial charge < -0.3 is 15.4 Å². The van der Waals surface area contributed by atoms with Gasteiger partial charge in [0.1, 0.15) is 11.9 Å². The van der Waals surface area contributed by atoms with E-state index in [2.05, 4.69) is 35.5 Å². The van der Waals surface area contributed by atoms with Crippen LogP contribution < -0.4 is 15.4 Å². The standard InChI is InChI=1S/C17H27N3OS.HI/c1-13-7-4-5-9-16(13)21-14(2)11-19-17(18-3)20-15-8-6-10-22-12-15;/h4-5,7,9,14-15H,6,8,10-12H2,1-3H3,(H2,18,19,20);1H. The van der Waals surface area contributed by atoms with E-state index in [1.807, 2.05) is 37.0 Å². The van der Waals surface area contributed by atoms with Crippen molar-refractivity contribution in [2.45, 2.75) is 38.8 Å². The van der Waals surface area contributed by atoms with Crippen LogP contribution in [0, 0.1) is 6.92 Å². The van der Waals surface area contributed by atoms with Gasteiger partial charge in [0, 0.05) is 18.8 Å². The van der Waals surface area contributed by atoms with Crippen LogP contribution in [0.4, 0.5) is 0 Å². The van der Waals surface area contributed by atoms with Crippen molar-refractivity contribution in [1.29, 1.82) is 0 Å². The topological polar surface area (TPSA) is 45.7 Å². The lowest BCUT2D eigenvalue weighted by atomic mass is 10.2. The minimum atomic E-state index is 0. The molecule has 130 valence electrons. The van der Waals surface area contributed by atoms with Gasteiger partial charge in [-0.1, -0.05) is 18.2 Å². The highest BCUT2D eigenvalue weighted by molar-refractivity contribution is 14.0. The van der Waals surface area contributed by atoms with Crippen molar-refractivity contribution in [3.8, 4) is 5.75 Å². The summed E-state index contributed by atoms with van der Waals surface area (Å²) in [4.78, 5) is 4.31. The summed E-state index contributed by atoms with van der Waals surface area (Å²) in [5, 5.41) is 6.86. The van der Waals surface area contributed by atoms with Gasteiger partial charge in [-0.2, -0.15) is 11.8 Å². The smallest absolute Gasteiger partial charge is 0.191 e. The van der Waals surface area contributed by atoms with Crippen molar-refractivity contribution in [2.75, 3.05) is 25.1 Å². The number of aryl methyl sites for hydroxylation is 1. The lowest BCUT2D eigenvalue weighted by molar-refractivity contribution is 0.222. The first-order chi connectivity index (χ1) is 10.7. The fourth-order valence-electron chi connectivity index (χ4n) is 2.43. The molecule has 1 aromatic carbocycles. The Bertz CT molecular complexity index is 492. The molecule has 1 aliphatic heterocycles. The summed E-state index contributed by atoms with van der Waals surface area (Å²) in [6.07, 6.45) is 2.59. The molecule has 4 nitrogen and oxygen atoms in total. The maximum atomic E-state index is 5.98. The highest BCUT2D eigenvalue weighted by Crippen LogP contribution is 2.18. The third-order valence-electron chi connectivity index (χ3n) is 3.70. The molecule has 0 amide bonds. The molecule has 0 aromatic heterocycles. The molecule has 23 heavy (non-hydrogen) atoms. The van der Waals surface area contributed by atoms with Gasteiger partial charge in [-0.15, -0.1) is 24.0 Å². The monoisotopic (exact) mass is 449 g/mol. The number of halogens is 1. The van der Waals surface area contributed by atoms with Crippen molar-refractivity contribution in [3.05, 3.63) is 29.8 Å². The Morgan fingerprint density at radius 2 is 2.22 bits per heavy atom. The Morgan fingerprint density at radius 3 is 2.87 bits per heavy atom. The van der Waals surface area contributed by atoms with E-state index in [1.54, 1.807) is 0 Å². The maximum absolute atomic E-state index is 5.98. The molecule has 2 unspecified atom stereocenters. The third kappa shape index (κ3) is 7.20. The Labute approximate surface area is 161 Å². The minimum absolute atomic E-state index is 0. The Kier molecular flexibility index (Phi) is 9.78. The summed E-state index contributed by atoms with van der Waals surface area (Å²) >= 11 is 2.01. The summed E-state index contributed by atoms with van der Waals surface area (Å²) in [7, 11) is 1.82. The molecule has 2 rings (SSSR count). The zero-order chi connectivity index (χ0) is 15.8. The Morgan fingerprint density at radius 1 is 1.43 bits per heavy atom. The number of nitrogens with one attached hydrogen (secondary N) is 2. The first-order valence-electron chi connectivity index (χ1n) is 7.96. The fraction of sp³-hybridized carbons (Fsp3) is 0.588. The third-order valence-corrected chi connectivity index (χ3v) is 4.92. The molecular formula is C17H28IN3OS. The van der Waals surface area contributed by atoms with Crippen LogP contribution in [0.1, 0.15) is 25.3 Å². The van der Waals surface area contributed by atoms with Crippen LogP contribution in [0.3, 0.4) is 0 Å². The quantitative estimate of drug-likeness (QED) is 0.411. The molecule has 0 saturated carbocycles. The zero-order valence-corrected chi connectivity index (χ0v) is 17.3. The fourth-order valence-corrected chi connectivity index (χ4v) is 3.50. The van der Waals surface area contributed by atoms with Gasteiger partial charge in [0.25, 0.3) is 0 Å². The van der Waals surface area contributed by atoms with E-state index in [4.69, 9.17) is 4.74 Å². The van der Waals surface area contributed by atoms with E-state index in [-0.39, 0.29) is 30.1 Å². The van der Waals surface area contributed by atoms with E-state index >= 15 is 0 Å². The van der Waals surface area contributed by atoms with Crippen LogP contribution >= 0.6 is 35.7 Å². The molecule has 0 radical (unpaired) electrons. The first-order valence-corrected chi connectivity index (χ1v) is 9.11. The SMILES string of the molecule is CN=C(NCC(C)Oc1ccccc1C)NC1CCCSC1.I. The lowest BCUT2D eigenvalue weighted by Crippen LogP contribution is -2.47. The van der Waals surface area contributed by atoms with Crippen LogP contribution in [0.2, 0.25) is 0 Å². The number of thioether (sulfide) groups is 1. The number of para-hydroxylation sites is 1. The summed E-state index contributed by atoms with van der Waals surface area (Å²) < 4.78 is 5.98. The first kappa shape index (κ1) is 20.4. The van der Waals surface area contributed by atoms with Crippen molar-refractivity contribution < 1.29 is 4.74 Å². The molecule has 1 saturated heterocycles. The van der Waals surface area contributed by atoms with E-state index in [9.17, 15) is 0 Å². The molecule has 1 aromatic rings. The second-order valence-corrected chi connectivity index (χ2v) is 6.86. The molecule has 0 aliphatic carbocycles. The highest BCUT2D eigenvalue weighted by Gasteiger charge is 2.15. The van der Waals surface area contributed by atoms with E-state index in [0.29, 0.717) is 6.04 Å². The second-order valence-electron chi connectivity index (χ2n) is 5.71. The van der Waals surface area contributed by atoms with Gasteiger partial charge in [-0.25, -0.2) is 0 Å². The van der Waals surface area contributed by atoms with Crippen LogP contribution in [-0.4, -0.2) is 43.2 Å². The molecule has 0 spiro atoms. The summed E-state index contributed by atoms with van der Waals surface area (Å²) in [6, 6.07) is 8.63. The molecule has 2 N–H and O–H groups in total. The number of aliphatic imine (C=N–C) groups is 1. The summed E-state index contributed by atoms with van der Waals surface area (Å²) in [6.45, 7) is 4.87. The van der Waals surface area contributed by atoms with Gasteiger partial charge >= 0.3 is 0 Å². The molecule has 1 fully saturated rings. The minimum Gasteiger partial charge on any atom is -0.489 e. The van der Waals surface area contributed by atoms with Crippen LogP contribution in [0.25, 0.3) is 0 Å². The van der Waals surface area contributed by atoms with Gasteiger partial charge in [-0.3, -0.25) is 4.99 Å². The highest BCUT2D eigenvalue weighted by atomic mass is 127. The predicted molar refractivity (Wildman–Crippen MR) is 112 cm³/mol. The van der Waals surface area contributed by atoms with Crippen molar-refractivity contribution in [1.82, 2.24) is 10.6 Å². The van der Waals surface area contributed by atoms with E-state index < -0.39 is 0 Å². The Balaban J connectivity index is 0.00000264.